The number of aromatic nitrogens is 4. The molecule has 0 amide bonds. The molecule has 0 unspecified atom stereocenters. The average molecular weight is 640 g/mol. The molecule has 8 rings (SSSR count). The number of nitrogens with zero attached hydrogens (tertiary/aromatic N) is 5. The predicted octanol–water partition coefficient (Wildman–Crippen LogP) is 5.73. The highest BCUT2D eigenvalue weighted by Gasteiger charge is 2.30. The van der Waals surface area contributed by atoms with Crippen LogP contribution in [0.1, 0.15) is 44.1 Å². The topological polar surface area (TPSA) is 128 Å². The highest BCUT2D eigenvalue weighted by atomic mass is 16.5. The lowest BCUT2D eigenvalue weighted by Gasteiger charge is -2.33. The molecule has 0 bridgehead atoms. The Labute approximate surface area is 277 Å². The van der Waals surface area contributed by atoms with Gasteiger partial charge in [0.25, 0.3) is 10.9 Å². The summed E-state index contributed by atoms with van der Waals surface area (Å²) >= 11 is 0. The summed E-state index contributed by atoms with van der Waals surface area (Å²) < 4.78 is 7.98. The second-order valence-electron chi connectivity index (χ2n) is 12.9. The molecule has 2 fully saturated rings. The van der Waals surface area contributed by atoms with E-state index in [1.165, 1.54) is 5.56 Å². The maximum atomic E-state index is 12.3. The van der Waals surface area contributed by atoms with Gasteiger partial charge >= 0.3 is 0 Å². The van der Waals surface area contributed by atoms with Crippen molar-refractivity contribution in [3.63, 3.8) is 0 Å². The Morgan fingerprint density at radius 2 is 1.60 bits per heavy atom. The van der Waals surface area contributed by atoms with Crippen LogP contribution in [0.4, 0.5) is 11.5 Å². The minimum Gasteiger partial charge on any atom is -0.484 e. The molecule has 242 valence electrons. The zero-order chi connectivity index (χ0) is 32.6. The van der Waals surface area contributed by atoms with Crippen LogP contribution in [-0.4, -0.2) is 49.7 Å². The third kappa shape index (κ3) is 5.73. The molecule has 10 nitrogen and oxygen atoms in total. The van der Waals surface area contributed by atoms with E-state index in [0.29, 0.717) is 17.3 Å². The van der Waals surface area contributed by atoms with Crippen LogP contribution in [0, 0.1) is 0 Å². The van der Waals surface area contributed by atoms with E-state index in [-0.39, 0.29) is 17.9 Å². The maximum Gasteiger partial charge on any atom is 0.272 e. The molecular formula is C38H37N7O3. The third-order valence-electron chi connectivity index (χ3n) is 9.64. The van der Waals surface area contributed by atoms with Gasteiger partial charge in [-0.1, -0.05) is 42.5 Å². The average Bonchev–Trinajstić information content (AvgIpc) is 3.79. The van der Waals surface area contributed by atoms with E-state index in [9.17, 15) is 9.59 Å². The Bertz CT molecular complexity index is 2140. The molecule has 1 aliphatic carbocycles. The Morgan fingerprint density at radius 1 is 0.833 bits per heavy atom. The molecule has 2 aliphatic rings. The number of ether oxygens (including phenoxy) is 1. The minimum atomic E-state index is -0.489. The van der Waals surface area contributed by atoms with Crippen molar-refractivity contribution in [3.05, 3.63) is 111 Å². The number of nitrogens with one attached hydrogen (secondary N) is 1. The van der Waals surface area contributed by atoms with E-state index in [4.69, 9.17) is 20.4 Å². The summed E-state index contributed by atoms with van der Waals surface area (Å²) in [5.41, 5.74) is 12.1. The molecule has 1 aliphatic heterocycles. The summed E-state index contributed by atoms with van der Waals surface area (Å²) in [5, 5.41) is 3.35. The molecule has 6 aromatic rings. The van der Waals surface area contributed by atoms with Crippen molar-refractivity contribution in [2.75, 3.05) is 24.1 Å². The SMILES string of the molecule is Nc1ncccc1-c1nc2ccc(-c3ccccc3)nc2n1-c1ccc(CN2CCC(Nc3c(OC4CCCC4)c(=O)c3=O)CC2)cc1. The first-order valence-electron chi connectivity index (χ1n) is 16.8. The predicted molar refractivity (Wildman–Crippen MR) is 188 cm³/mol. The van der Waals surface area contributed by atoms with Crippen molar-refractivity contribution >= 4 is 22.7 Å². The van der Waals surface area contributed by atoms with Crippen molar-refractivity contribution in [1.82, 2.24) is 24.4 Å². The van der Waals surface area contributed by atoms with Gasteiger partial charge in [-0.2, -0.15) is 0 Å². The van der Waals surface area contributed by atoms with Crippen LogP contribution in [0.5, 0.6) is 5.75 Å². The Hall–Kier alpha value is -5.35. The molecule has 1 saturated carbocycles. The zero-order valence-electron chi connectivity index (χ0n) is 26.6. The van der Waals surface area contributed by atoms with Crippen molar-refractivity contribution in [2.45, 2.75) is 57.2 Å². The number of nitrogens with two attached hydrogens (primary N) is 1. The molecule has 3 N–H and O–H groups in total. The van der Waals surface area contributed by atoms with Gasteiger partial charge in [0.05, 0.1) is 17.4 Å². The van der Waals surface area contributed by atoms with Crippen LogP contribution in [0.15, 0.2) is 94.6 Å². The number of pyridine rings is 2. The highest BCUT2D eigenvalue weighted by molar-refractivity contribution is 5.84. The van der Waals surface area contributed by atoms with Gasteiger partial charge in [0.15, 0.2) is 17.2 Å². The number of hydrogen-bond donors (Lipinski definition) is 2. The molecule has 1 saturated heterocycles. The Kier molecular flexibility index (Phi) is 7.93. The molecule has 10 heteroatoms. The van der Waals surface area contributed by atoms with Gasteiger partial charge in [0, 0.05) is 43.1 Å². The number of anilines is 2. The van der Waals surface area contributed by atoms with E-state index in [2.05, 4.69) is 56.2 Å². The number of nitrogen functional groups attached to an aromatic ring is 1. The number of likely N-dealkylation sites (tertiary alicyclic amines) is 1. The third-order valence-corrected chi connectivity index (χ3v) is 9.64. The van der Waals surface area contributed by atoms with E-state index < -0.39 is 10.9 Å². The highest BCUT2D eigenvalue weighted by Crippen LogP contribution is 2.32. The van der Waals surface area contributed by atoms with Crippen LogP contribution in [0.25, 0.3) is 39.5 Å². The number of fused-ring (bicyclic) bond motifs is 1. The molecule has 3 aromatic carbocycles. The smallest absolute Gasteiger partial charge is 0.272 e. The Morgan fingerprint density at radius 3 is 2.35 bits per heavy atom. The van der Waals surface area contributed by atoms with Crippen molar-refractivity contribution < 1.29 is 4.74 Å². The van der Waals surface area contributed by atoms with Crippen molar-refractivity contribution in [1.29, 1.82) is 0 Å². The van der Waals surface area contributed by atoms with Crippen LogP contribution >= 0.6 is 0 Å². The molecular weight excluding hydrogens is 602 g/mol. The van der Waals surface area contributed by atoms with Crippen molar-refractivity contribution in [2.24, 2.45) is 0 Å². The largest absolute Gasteiger partial charge is 0.484 e. The van der Waals surface area contributed by atoms with Crippen LogP contribution in [0.2, 0.25) is 0 Å². The standard InChI is InChI=1S/C38H37N7O3/c39-36-29(11-6-20-40-36)37-43-31-17-16-30(25-7-2-1-3-8-25)42-38(31)45(37)27-14-12-24(13-15-27)23-44-21-18-26(19-22-44)41-32-33(46)34(47)35(32)48-28-9-4-5-10-28/h1-3,6-8,11-17,20,26,28,41H,4-5,9-10,18-19,21-23H2,(H2,39,40). The molecule has 4 heterocycles. The normalized spacial score (nSPS) is 16.2. The summed E-state index contributed by atoms with van der Waals surface area (Å²) in [4.78, 5) is 41.3. The fraction of sp³-hybridized carbons (Fsp3) is 0.289. The molecule has 3 aromatic heterocycles. The van der Waals surface area contributed by atoms with Crippen LogP contribution in [-0.2, 0) is 6.54 Å². The van der Waals surface area contributed by atoms with Crippen LogP contribution < -0.4 is 26.6 Å². The maximum absolute atomic E-state index is 12.3. The monoisotopic (exact) mass is 639 g/mol. The molecule has 0 atom stereocenters. The number of imidazole rings is 1. The van der Waals surface area contributed by atoms with Gasteiger partial charge in [-0.25, -0.2) is 15.0 Å². The first kappa shape index (κ1) is 30.0. The fourth-order valence-electron chi connectivity index (χ4n) is 6.99. The number of hydrogen-bond acceptors (Lipinski definition) is 9. The van der Waals surface area contributed by atoms with Gasteiger partial charge in [0.2, 0.25) is 0 Å². The summed E-state index contributed by atoms with van der Waals surface area (Å²) in [7, 11) is 0. The first-order chi connectivity index (χ1) is 23.5. The summed E-state index contributed by atoms with van der Waals surface area (Å²) in [6, 6.07) is 26.6. The summed E-state index contributed by atoms with van der Waals surface area (Å²) in [5.74, 6) is 1.35. The minimum absolute atomic E-state index is 0.0534. The Balaban J connectivity index is 0.990. The molecule has 0 spiro atoms. The van der Waals surface area contributed by atoms with Gasteiger partial charge in [-0.15, -0.1) is 0 Å². The number of piperidine rings is 1. The first-order valence-corrected chi connectivity index (χ1v) is 16.8. The zero-order valence-corrected chi connectivity index (χ0v) is 26.6. The molecule has 48 heavy (non-hydrogen) atoms. The summed E-state index contributed by atoms with van der Waals surface area (Å²) in [6.45, 7) is 2.58. The number of rotatable bonds is 9. The second-order valence-corrected chi connectivity index (χ2v) is 12.9. The lowest BCUT2D eigenvalue weighted by molar-refractivity contribution is 0.203. The quantitative estimate of drug-likeness (QED) is 0.191. The van der Waals surface area contributed by atoms with E-state index in [1.807, 2.05) is 42.5 Å². The van der Waals surface area contributed by atoms with Crippen molar-refractivity contribution in [3.8, 4) is 34.1 Å². The lowest BCUT2D eigenvalue weighted by atomic mass is 10.0. The van der Waals surface area contributed by atoms with Gasteiger partial charge < -0.3 is 15.8 Å². The van der Waals surface area contributed by atoms with E-state index in [1.54, 1.807) is 6.20 Å². The van der Waals surface area contributed by atoms with E-state index >= 15 is 0 Å². The van der Waals surface area contributed by atoms with Gasteiger partial charge in [-0.3, -0.25) is 19.1 Å². The van der Waals surface area contributed by atoms with Gasteiger partial charge in [-0.05, 0) is 80.5 Å². The fourth-order valence-corrected chi connectivity index (χ4v) is 6.99. The molecule has 0 radical (unpaired) electrons. The number of benzene rings is 2. The van der Waals surface area contributed by atoms with Crippen LogP contribution in [0.3, 0.4) is 0 Å². The van der Waals surface area contributed by atoms with E-state index in [0.717, 1.165) is 91.8 Å². The summed E-state index contributed by atoms with van der Waals surface area (Å²) in [6.07, 6.45) is 7.61. The second kappa shape index (κ2) is 12.7. The lowest BCUT2D eigenvalue weighted by Crippen LogP contribution is -2.43. The van der Waals surface area contributed by atoms with Gasteiger partial charge in [0.1, 0.15) is 17.0 Å².